The summed E-state index contributed by atoms with van der Waals surface area (Å²) in [5, 5.41) is 7.36. The summed E-state index contributed by atoms with van der Waals surface area (Å²) in [6, 6.07) is 7.14. The Morgan fingerprint density at radius 1 is 1.42 bits per heavy atom. The van der Waals surface area contributed by atoms with Gasteiger partial charge < -0.3 is 11.1 Å². The van der Waals surface area contributed by atoms with E-state index in [1.807, 2.05) is 24.3 Å². The van der Waals surface area contributed by atoms with Gasteiger partial charge in [0.1, 0.15) is 6.33 Å². The topological polar surface area (TPSA) is 85.8 Å². The van der Waals surface area contributed by atoms with Crippen LogP contribution in [0.3, 0.4) is 0 Å². The van der Waals surface area contributed by atoms with Crippen molar-refractivity contribution in [1.29, 1.82) is 0 Å². The first-order valence-corrected chi connectivity index (χ1v) is 6.23. The van der Waals surface area contributed by atoms with Crippen molar-refractivity contribution in [3.63, 3.8) is 0 Å². The molecule has 1 saturated carbocycles. The van der Waals surface area contributed by atoms with Crippen LogP contribution in [0.4, 0.5) is 10.7 Å². The molecule has 7 heteroatoms. The van der Waals surface area contributed by atoms with Crippen molar-refractivity contribution < 1.29 is 4.79 Å². The van der Waals surface area contributed by atoms with Crippen molar-refractivity contribution in [2.24, 2.45) is 0 Å². The van der Waals surface area contributed by atoms with E-state index in [0.29, 0.717) is 5.02 Å². The van der Waals surface area contributed by atoms with Crippen LogP contribution in [-0.4, -0.2) is 20.8 Å². The maximum absolute atomic E-state index is 12.0. The highest BCUT2D eigenvalue weighted by Crippen LogP contribution is 2.47. The molecule has 0 saturated heterocycles. The van der Waals surface area contributed by atoms with E-state index in [0.717, 1.165) is 23.1 Å². The van der Waals surface area contributed by atoms with Gasteiger partial charge in [0, 0.05) is 5.02 Å². The van der Waals surface area contributed by atoms with E-state index in [2.05, 4.69) is 15.4 Å². The molecule has 0 atom stereocenters. The predicted molar refractivity (Wildman–Crippen MR) is 70.7 cm³/mol. The molecule has 1 heterocycles. The zero-order valence-electron chi connectivity index (χ0n) is 10.0. The van der Waals surface area contributed by atoms with E-state index in [4.69, 9.17) is 17.3 Å². The number of anilines is 1. The van der Waals surface area contributed by atoms with Gasteiger partial charge in [0.15, 0.2) is 0 Å². The van der Waals surface area contributed by atoms with Crippen LogP contribution in [0.2, 0.25) is 5.02 Å². The molecule has 3 N–H and O–H groups in total. The molecule has 1 amide bonds. The van der Waals surface area contributed by atoms with E-state index in [1.54, 1.807) is 0 Å². The highest BCUT2D eigenvalue weighted by atomic mass is 35.5. The summed E-state index contributed by atoms with van der Waals surface area (Å²) in [6.45, 7) is 0. The Morgan fingerprint density at radius 2 is 2.16 bits per heavy atom. The first-order valence-electron chi connectivity index (χ1n) is 5.85. The number of carbonyl (C=O) groups is 1. The molecule has 1 aliphatic carbocycles. The van der Waals surface area contributed by atoms with Gasteiger partial charge in [-0.15, -0.1) is 5.10 Å². The fourth-order valence-electron chi connectivity index (χ4n) is 2.07. The fraction of sp³-hybridized carbons (Fsp3) is 0.250. The molecule has 19 heavy (non-hydrogen) atoms. The Morgan fingerprint density at radius 3 is 2.74 bits per heavy atom. The highest BCUT2D eigenvalue weighted by molar-refractivity contribution is 6.31. The van der Waals surface area contributed by atoms with Gasteiger partial charge in [-0.1, -0.05) is 29.8 Å². The highest BCUT2D eigenvalue weighted by Gasteiger charge is 2.47. The number of hydrogen-bond acceptors (Lipinski definition) is 4. The summed E-state index contributed by atoms with van der Waals surface area (Å²) < 4.78 is 1.09. The predicted octanol–water partition coefficient (Wildman–Crippen LogP) is 1.76. The van der Waals surface area contributed by atoms with E-state index in [1.165, 1.54) is 6.33 Å². The molecule has 3 rings (SSSR count). The minimum Gasteiger partial charge on any atom is -0.366 e. The van der Waals surface area contributed by atoms with Crippen LogP contribution in [0.1, 0.15) is 18.4 Å². The second-order valence-corrected chi connectivity index (χ2v) is 4.95. The number of aromatic nitrogens is 3. The SMILES string of the molecule is Nc1ncn(C(=O)NC2(c3ccccc3Cl)CC2)n1. The number of nitrogens with zero attached hydrogens (tertiary/aromatic N) is 3. The second kappa shape index (κ2) is 4.24. The van der Waals surface area contributed by atoms with Crippen LogP contribution < -0.4 is 11.1 Å². The molecule has 1 aromatic heterocycles. The molecule has 2 aromatic rings. The molecular weight excluding hydrogens is 266 g/mol. The van der Waals surface area contributed by atoms with Gasteiger partial charge >= 0.3 is 6.03 Å². The molecule has 0 radical (unpaired) electrons. The molecule has 1 aromatic carbocycles. The number of amides is 1. The Labute approximate surface area is 114 Å². The number of nitrogen functional groups attached to an aromatic ring is 1. The minimum atomic E-state index is -0.393. The Hall–Kier alpha value is -2.08. The van der Waals surface area contributed by atoms with Crippen LogP contribution in [0.5, 0.6) is 0 Å². The van der Waals surface area contributed by atoms with Gasteiger partial charge in [0.2, 0.25) is 5.95 Å². The third-order valence-corrected chi connectivity index (χ3v) is 3.53. The third-order valence-electron chi connectivity index (χ3n) is 3.20. The molecule has 0 bridgehead atoms. The summed E-state index contributed by atoms with van der Waals surface area (Å²) in [4.78, 5) is 15.8. The van der Waals surface area contributed by atoms with Crippen LogP contribution in [0.15, 0.2) is 30.6 Å². The Kier molecular flexibility index (Phi) is 2.67. The molecule has 0 unspecified atom stereocenters. The van der Waals surface area contributed by atoms with E-state index in [9.17, 15) is 4.79 Å². The number of nitrogens with two attached hydrogens (primary N) is 1. The Bertz CT molecular complexity index is 635. The lowest BCUT2D eigenvalue weighted by molar-refractivity contribution is 0.234. The number of hydrogen-bond donors (Lipinski definition) is 2. The van der Waals surface area contributed by atoms with Crippen molar-refractivity contribution in [1.82, 2.24) is 20.1 Å². The molecule has 1 aliphatic rings. The largest absolute Gasteiger partial charge is 0.366 e. The maximum atomic E-state index is 12.0. The number of halogens is 1. The first-order chi connectivity index (χ1) is 9.11. The Balaban J connectivity index is 1.83. The summed E-state index contributed by atoms with van der Waals surface area (Å²) >= 11 is 6.18. The van der Waals surface area contributed by atoms with Crippen molar-refractivity contribution in [2.75, 3.05) is 5.73 Å². The maximum Gasteiger partial charge on any atom is 0.344 e. The van der Waals surface area contributed by atoms with Crippen molar-refractivity contribution in [2.45, 2.75) is 18.4 Å². The third kappa shape index (κ3) is 2.15. The lowest BCUT2D eigenvalue weighted by atomic mass is 10.1. The van der Waals surface area contributed by atoms with E-state index < -0.39 is 5.54 Å². The molecule has 98 valence electrons. The smallest absolute Gasteiger partial charge is 0.344 e. The average molecular weight is 278 g/mol. The number of nitrogens with one attached hydrogen (secondary N) is 1. The normalized spacial score (nSPS) is 16.1. The van der Waals surface area contributed by atoms with Gasteiger partial charge in [-0.05, 0) is 24.5 Å². The zero-order chi connectivity index (χ0) is 13.5. The fourth-order valence-corrected chi connectivity index (χ4v) is 2.39. The molecule has 1 fully saturated rings. The summed E-state index contributed by atoms with van der Waals surface area (Å²) in [7, 11) is 0. The summed E-state index contributed by atoms with van der Waals surface area (Å²) in [5.41, 5.74) is 5.92. The molecule has 6 nitrogen and oxygen atoms in total. The van der Waals surface area contributed by atoms with Gasteiger partial charge in [0.05, 0.1) is 5.54 Å². The number of carbonyl (C=O) groups excluding carboxylic acids is 1. The minimum absolute atomic E-state index is 0.0674. The lowest BCUT2D eigenvalue weighted by Crippen LogP contribution is -2.38. The molecule has 0 spiro atoms. The van der Waals surface area contributed by atoms with E-state index in [-0.39, 0.29) is 12.0 Å². The van der Waals surface area contributed by atoms with Gasteiger partial charge in [-0.25, -0.2) is 9.78 Å². The first kappa shape index (κ1) is 12.0. The van der Waals surface area contributed by atoms with Gasteiger partial charge in [0.25, 0.3) is 0 Å². The van der Waals surface area contributed by atoms with Crippen LogP contribution in [0, 0.1) is 0 Å². The van der Waals surface area contributed by atoms with Crippen LogP contribution in [-0.2, 0) is 5.54 Å². The number of rotatable bonds is 2. The lowest BCUT2D eigenvalue weighted by Gasteiger charge is -2.18. The molecular formula is C12H12ClN5O. The quantitative estimate of drug-likeness (QED) is 0.876. The van der Waals surface area contributed by atoms with Gasteiger partial charge in [-0.3, -0.25) is 0 Å². The molecule has 0 aliphatic heterocycles. The van der Waals surface area contributed by atoms with Crippen molar-refractivity contribution in [3.8, 4) is 0 Å². The monoisotopic (exact) mass is 277 g/mol. The zero-order valence-corrected chi connectivity index (χ0v) is 10.8. The van der Waals surface area contributed by atoms with Gasteiger partial charge in [-0.2, -0.15) is 4.68 Å². The average Bonchev–Trinajstić information content (AvgIpc) is 3.02. The summed E-state index contributed by atoms with van der Waals surface area (Å²) in [5.74, 6) is 0.0674. The second-order valence-electron chi connectivity index (χ2n) is 4.54. The standard InChI is InChI=1S/C12H12ClN5O/c13-9-4-2-1-3-8(9)12(5-6-12)16-11(19)18-7-15-10(14)17-18/h1-4,7H,5-6H2,(H2,14,17)(H,16,19). The number of benzene rings is 1. The van der Waals surface area contributed by atoms with Crippen molar-refractivity contribution >= 4 is 23.6 Å². The van der Waals surface area contributed by atoms with Crippen LogP contribution >= 0.6 is 11.6 Å². The van der Waals surface area contributed by atoms with Crippen molar-refractivity contribution in [3.05, 3.63) is 41.2 Å². The van der Waals surface area contributed by atoms with Crippen LogP contribution in [0.25, 0.3) is 0 Å². The summed E-state index contributed by atoms with van der Waals surface area (Å²) in [6.07, 6.45) is 2.99. The van der Waals surface area contributed by atoms with E-state index >= 15 is 0 Å².